The highest BCUT2D eigenvalue weighted by Gasteiger charge is 2.39. The fourth-order valence-electron chi connectivity index (χ4n) is 1.72. The molecule has 0 saturated heterocycles. The van der Waals surface area contributed by atoms with Gasteiger partial charge in [0.1, 0.15) is 11.3 Å². The minimum absolute atomic E-state index is 0.00722. The van der Waals surface area contributed by atoms with Gasteiger partial charge in [-0.1, -0.05) is 0 Å². The lowest BCUT2D eigenvalue weighted by Crippen LogP contribution is -2.09. The van der Waals surface area contributed by atoms with Gasteiger partial charge in [-0.2, -0.15) is 26.3 Å². The quantitative estimate of drug-likeness (QED) is 0.627. The van der Waals surface area contributed by atoms with E-state index in [4.69, 9.17) is 4.42 Å². The molecule has 18 heavy (non-hydrogen) atoms. The molecular weight excluding hydrogens is 262 g/mol. The summed E-state index contributed by atoms with van der Waals surface area (Å²) in [6.45, 7) is 1.29. The summed E-state index contributed by atoms with van der Waals surface area (Å²) in [5.74, 6) is -0.00722. The number of halogens is 6. The Hall–Kier alpha value is -1.66. The summed E-state index contributed by atoms with van der Waals surface area (Å²) < 4.78 is 80.5. The van der Waals surface area contributed by atoms with Gasteiger partial charge in [-0.3, -0.25) is 0 Å². The van der Waals surface area contributed by atoms with Crippen molar-refractivity contribution in [3.05, 3.63) is 35.1 Å². The van der Waals surface area contributed by atoms with E-state index in [0.29, 0.717) is 12.1 Å². The maximum absolute atomic E-state index is 12.6. The number of aryl methyl sites for hydroxylation is 1. The fourth-order valence-corrected chi connectivity index (χ4v) is 1.72. The van der Waals surface area contributed by atoms with Crippen LogP contribution in [0.25, 0.3) is 11.0 Å². The first-order chi connectivity index (χ1) is 8.10. The van der Waals surface area contributed by atoms with Gasteiger partial charge in [-0.15, -0.1) is 0 Å². The number of furan rings is 1. The molecule has 0 aliphatic rings. The number of benzene rings is 1. The fraction of sp³-hybridized carbons (Fsp3) is 0.273. The molecule has 7 heteroatoms. The second kappa shape index (κ2) is 3.66. The lowest BCUT2D eigenvalue weighted by atomic mass is 10.1. The first-order valence-corrected chi connectivity index (χ1v) is 4.78. The summed E-state index contributed by atoms with van der Waals surface area (Å²) in [5.41, 5.74) is -3.13. The zero-order valence-electron chi connectivity index (χ0n) is 8.91. The molecule has 2 rings (SSSR count). The minimum Gasteiger partial charge on any atom is -0.461 e. The van der Waals surface area contributed by atoms with Gasteiger partial charge in [0.05, 0.1) is 11.1 Å². The second-order valence-electron chi connectivity index (χ2n) is 3.76. The van der Waals surface area contributed by atoms with Gasteiger partial charge in [0.15, 0.2) is 0 Å². The number of rotatable bonds is 0. The lowest BCUT2D eigenvalue weighted by molar-refractivity contribution is -0.139. The van der Waals surface area contributed by atoms with Crippen molar-refractivity contribution in [2.45, 2.75) is 19.3 Å². The van der Waals surface area contributed by atoms with Crippen LogP contribution in [0, 0.1) is 6.92 Å². The number of hydrogen-bond donors (Lipinski definition) is 0. The van der Waals surface area contributed by atoms with Gasteiger partial charge >= 0.3 is 12.4 Å². The van der Waals surface area contributed by atoms with Crippen molar-refractivity contribution >= 4 is 11.0 Å². The smallest absolute Gasteiger partial charge is 0.420 e. The van der Waals surface area contributed by atoms with Crippen molar-refractivity contribution in [2.24, 2.45) is 0 Å². The standard InChI is InChI=1S/C11H6F6O/c1-5-4-6-7(10(12,13)14)2-3-8(9(6)18-5)11(15,16)17/h2-4H,1H3. The highest BCUT2D eigenvalue weighted by molar-refractivity contribution is 5.85. The molecule has 0 aliphatic heterocycles. The zero-order chi connectivity index (χ0) is 13.7. The van der Waals surface area contributed by atoms with Crippen molar-refractivity contribution in [2.75, 3.05) is 0 Å². The zero-order valence-corrected chi connectivity index (χ0v) is 8.91. The molecule has 0 bridgehead atoms. The lowest BCUT2D eigenvalue weighted by Gasteiger charge is -2.11. The third-order valence-corrected chi connectivity index (χ3v) is 2.42. The molecule has 0 atom stereocenters. The van der Waals surface area contributed by atoms with E-state index in [1.165, 1.54) is 6.92 Å². The van der Waals surface area contributed by atoms with Crippen molar-refractivity contribution in [1.29, 1.82) is 0 Å². The highest BCUT2D eigenvalue weighted by atomic mass is 19.4. The van der Waals surface area contributed by atoms with Crippen LogP contribution >= 0.6 is 0 Å². The molecule has 1 nitrogen and oxygen atoms in total. The third kappa shape index (κ3) is 2.04. The molecule has 0 unspecified atom stereocenters. The van der Waals surface area contributed by atoms with Gasteiger partial charge in [0, 0.05) is 5.39 Å². The van der Waals surface area contributed by atoms with Crippen LogP contribution in [0.15, 0.2) is 22.6 Å². The van der Waals surface area contributed by atoms with Gasteiger partial charge in [0.25, 0.3) is 0 Å². The Morgan fingerprint density at radius 1 is 0.889 bits per heavy atom. The largest absolute Gasteiger partial charge is 0.461 e. The van der Waals surface area contributed by atoms with Gasteiger partial charge in [0.2, 0.25) is 0 Å². The summed E-state index contributed by atoms with van der Waals surface area (Å²) in [7, 11) is 0. The van der Waals surface area contributed by atoms with Gasteiger partial charge in [-0.05, 0) is 25.1 Å². The molecule has 0 radical (unpaired) electrons. The predicted molar refractivity (Wildman–Crippen MR) is 51.0 cm³/mol. The first kappa shape index (κ1) is 12.8. The minimum atomic E-state index is -4.76. The van der Waals surface area contributed by atoms with Crippen LogP contribution in [-0.4, -0.2) is 0 Å². The Morgan fingerprint density at radius 3 is 1.89 bits per heavy atom. The molecule has 2 aromatic rings. The maximum Gasteiger partial charge on any atom is 0.420 e. The second-order valence-corrected chi connectivity index (χ2v) is 3.76. The Kier molecular flexibility index (Phi) is 2.60. The Morgan fingerprint density at radius 2 is 1.39 bits per heavy atom. The average molecular weight is 268 g/mol. The maximum atomic E-state index is 12.6. The van der Waals surface area contributed by atoms with E-state index in [1.54, 1.807) is 0 Å². The van der Waals surface area contributed by atoms with Crippen molar-refractivity contribution in [3.8, 4) is 0 Å². The van der Waals surface area contributed by atoms with Crippen molar-refractivity contribution < 1.29 is 30.8 Å². The van der Waals surface area contributed by atoms with Crippen LogP contribution in [0.4, 0.5) is 26.3 Å². The van der Waals surface area contributed by atoms with E-state index in [9.17, 15) is 26.3 Å². The number of alkyl halides is 6. The molecule has 1 aromatic carbocycles. The summed E-state index contributed by atoms with van der Waals surface area (Å²) in [5, 5.41) is -0.574. The van der Waals surface area contributed by atoms with Crippen LogP contribution in [0.1, 0.15) is 16.9 Å². The van der Waals surface area contributed by atoms with Crippen molar-refractivity contribution in [3.63, 3.8) is 0 Å². The van der Waals surface area contributed by atoms with Crippen LogP contribution < -0.4 is 0 Å². The molecule has 1 heterocycles. The van der Waals surface area contributed by atoms with E-state index in [0.717, 1.165) is 6.07 Å². The molecule has 0 aliphatic carbocycles. The van der Waals surface area contributed by atoms with E-state index in [1.807, 2.05) is 0 Å². The molecule has 98 valence electrons. The van der Waals surface area contributed by atoms with E-state index in [2.05, 4.69) is 0 Å². The molecule has 0 fully saturated rings. The van der Waals surface area contributed by atoms with Gasteiger partial charge < -0.3 is 4.42 Å². The van der Waals surface area contributed by atoms with Crippen LogP contribution in [0.2, 0.25) is 0 Å². The molecular formula is C11H6F6O. The Balaban J connectivity index is 2.83. The third-order valence-electron chi connectivity index (χ3n) is 2.42. The molecule has 0 amide bonds. The monoisotopic (exact) mass is 268 g/mol. The molecule has 1 aromatic heterocycles. The molecule has 0 spiro atoms. The van der Waals surface area contributed by atoms with Gasteiger partial charge in [-0.25, -0.2) is 0 Å². The number of hydrogen-bond acceptors (Lipinski definition) is 1. The number of fused-ring (bicyclic) bond motifs is 1. The predicted octanol–water partition coefficient (Wildman–Crippen LogP) is 4.78. The Labute approximate surface area is 97.0 Å². The summed E-state index contributed by atoms with van der Waals surface area (Å²) in [4.78, 5) is 0. The van der Waals surface area contributed by atoms with Crippen molar-refractivity contribution in [1.82, 2.24) is 0 Å². The summed E-state index contributed by atoms with van der Waals surface area (Å²) in [6, 6.07) is 1.75. The normalized spacial score (nSPS) is 13.3. The highest BCUT2D eigenvalue weighted by Crippen LogP contribution is 2.41. The summed E-state index contributed by atoms with van der Waals surface area (Å²) in [6.07, 6.45) is -9.48. The first-order valence-electron chi connectivity index (χ1n) is 4.78. The van der Waals surface area contributed by atoms with Crippen LogP contribution in [0.5, 0.6) is 0 Å². The van der Waals surface area contributed by atoms with E-state index in [-0.39, 0.29) is 5.76 Å². The Bertz CT molecular complexity index is 539. The van der Waals surface area contributed by atoms with E-state index >= 15 is 0 Å². The molecule has 0 saturated carbocycles. The topological polar surface area (TPSA) is 13.1 Å². The molecule has 0 N–H and O–H groups in total. The van der Waals surface area contributed by atoms with Crippen LogP contribution in [0.3, 0.4) is 0 Å². The van der Waals surface area contributed by atoms with E-state index < -0.39 is 34.4 Å². The SMILES string of the molecule is Cc1cc2c(C(F)(F)F)ccc(C(F)(F)F)c2o1. The average Bonchev–Trinajstić information content (AvgIpc) is 2.53. The van der Waals surface area contributed by atoms with Crippen LogP contribution in [-0.2, 0) is 12.4 Å². The summed E-state index contributed by atoms with van der Waals surface area (Å²) >= 11 is 0.